The minimum absolute atomic E-state index is 0.0431. The SMILES string of the molecule is N#C/C(=C/c1ccc(/C=C/c2ccc(N(c3ccccc3)c3ccccc3)cc2)cc1)OC=O. The number of hydrogen-bond acceptors (Lipinski definition) is 4. The number of carbonyl (C=O) groups excluding carboxylic acids is 1. The lowest BCUT2D eigenvalue weighted by Crippen LogP contribution is -2.09. The van der Waals surface area contributed by atoms with Crippen molar-refractivity contribution in [3.05, 3.63) is 132 Å². The lowest BCUT2D eigenvalue weighted by Gasteiger charge is -2.25. The van der Waals surface area contributed by atoms with Crippen LogP contribution in [-0.4, -0.2) is 6.47 Å². The summed E-state index contributed by atoms with van der Waals surface area (Å²) in [6, 6.07) is 38.5. The van der Waals surface area contributed by atoms with Crippen LogP contribution in [0.1, 0.15) is 16.7 Å². The van der Waals surface area contributed by atoms with Crippen LogP contribution in [0.25, 0.3) is 18.2 Å². The van der Waals surface area contributed by atoms with E-state index in [2.05, 4.69) is 64.2 Å². The molecule has 4 aromatic rings. The summed E-state index contributed by atoms with van der Waals surface area (Å²) in [5.41, 5.74) is 6.16. The fourth-order valence-corrected chi connectivity index (χ4v) is 3.53. The third kappa shape index (κ3) is 5.67. The van der Waals surface area contributed by atoms with Crippen LogP contribution in [0.15, 0.2) is 115 Å². The Kier molecular flexibility index (Phi) is 7.30. The molecule has 4 rings (SSSR count). The highest BCUT2D eigenvalue weighted by Gasteiger charge is 2.11. The second kappa shape index (κ2) is 11.1. The number of carbonyl (C=O) groups is 1. The van der Waals surface area contributed by atoms with E-state index in [4.69, 9.17) is 5.26 Å². The minimum Gasteiger partial charge on any atom is -0.417 e. The molecule has 0 aliphatic heterocycles. The van der Waals surface area contributed by atoms with Gasteiger partial charge in [-0.15, -0.1) is 0 Å². The van der Waals surface area contributed by atoms with Crippen molar-refractivity contribution in [2.75, 3.05) is 4.90 Å². The minimum atomic E-state index is -0.0431. The molecule has 34 heavy (non-hydrogen) atoms. The van der Waals surface area contributed by atoms with Crippen molar-refractivity contribution in [2.24, 2.45) is 0 Å². The van der Waals surface area contributed by atoms with Crippen molar-refractivity contribution < 1.29 is 9.53 Å². The summed E-state index contributed by atoms with van der Waals surface area (Å²) in [6.07, 6.45) is 5.60. The number of para-hydroxylation sites is 2. The van der Waals surface area contributed by atoms with E-state index in [-0.39, 0.29) is 12.2 Å². The molecule has 0 unspecified atom stereocenters. The summed E-state index contributed by atoms with van der Waals surface area (Å²) < 4.78 is 4.62. The van der Waals surface area contributed by atoms with Gasteiger partial charge in [-0.05, 0) is 59.2 Å². The van der Waals surface area contributed by atoms with Crippen LogP contribution in [0.2, 0.25) is 0 Å². The second-order valence-corrected chi connectivity index (χ2v) is 7.43. The predicted molar refractivity (Wildman–Crippen MR) is 137 cm³/mol. The largest absolute Gasteiger partial charge is 0.417 e. The third-order valence-corrected chi connectivity index (χ3v) is 5.17. The van der Waals surface area contributed by atoms with E-state index in [9.17, 15) is 4.79 Å². The van der Waals surface area contributed by atoms with E-state index >= 15 is 0 Å². The van der Waals surface area contributed by atoms with Gasteiger partial charge < -0.3 is 9.64 Å². The average Bonchev–Trinajstić information content (AvgIpc) is 2.90. The lowest BCUT2D eigenvalue weighted by molar-refractivity contribution is -0.124. The van der Waals surface area contributed by atoms with Crippen molar-refractivity contribution in [3.63, 3.8) is 0 Å². The van der Waals surface area contributed by atoms with Gasteiger partial charge in [0.05, 0.1) is 0 Å². The average molecular weight is 443 g/mol. The lowest BCUT2D eigenvalue weighted by atomic mass is 10.1. The molecule has 0 aliphatic carbocycles. The van der Waals surface area contributed by atoms with Gasteiger partial charge in [-0.3, -0.25) is 4.79 Å². The van der Waals surface area contributed by atoms with Crippen molar-refractivity contribution in [2.45, 2.75) is 0 Å². The van der Waals surface area contributed by atoms with Crippen molar-refractivity contribution in [1.29, 1.82) is 5.26 Å². The van der Waals surface area contributed by atoms with Gasteiger partial charge >= 0.3 is 0 Å². The van der Waals surface area contributed by atoms with E-state index in [0.29, 0.717) is 0 Å². The smallest absolute Gasteiger partial charge is 0.299 e. The van der Waals surface area contributed by atoms with E-state index in [1.807, 2.05) is 72.8 Å². The Morgan fingerprint density at radius 2 is 1.09 bits per heavy atom. The Morgan fingerprint density at radius 1 is 0.647 bits per heavy atom. The number of anilines is 3. The Morgan fingerprint density at radius 3 is 1.56 bits per heavy atom. The first-order chi connectivity index (χ1) is 16.8. The highest BCUT2D eigenvalue weighted by Crippen LogP contribution is 2.34. The van der Waals surface area contributed by atoms with Gasteiger partial charge in [-0.1, -0.05) is 84.9 Å². The number of hydrogen-bond donors (Lipinski definition) is 0. The van der Waals surface area contributed by atoms with Gasteiger partial charge in [0.2, 0.25) is 5.76 Å². The third-order valence-electron chi connectivity index (χ3n) is 5.17. The zero-order valence-corrected chi connectivity index (χ0v) is 18.4. The summed E-state index contributed by atoms with van der Waals surface area (Å²) in [6.45, 7) is 0.246. The maximum atomic E-state index is 10.4. The first kappa shape index (κ1) is 22.3. The first-order valence-corrected chi connectivity index (χ1v) is 10.8. The van der Waals surface area contributed by atoms with Crippen molar-refractivity contribution >= 4 is 41.8 Å². The Bertz CT molecular complexity index is 1280. The predicted octanol–water partition coefficient (Wildman–Crippen LogP) is 7.36. The molecule has 0 atom stereocenters. The summed E-state index contributed by atoms with van der Waals surface area (Å²) >= 11 is 0. The number of ether oxygens (including phenoxy) is 1. The van der Waals surface area contributed by atoms with E-state index in [1.165, 1.54) is 6.08 Å². The summed E-state index contributed by atoms with van der Waals surface area (Å²) in [7, 11) is 0. The molecule has 4 aromatic carbocycles. The van der Waals surface area contributed by atoms with Gasteiger partial charge in [0, 0.05) is 17.1 Å². The summed E-state index contributed by atoms with van der Waals surface area (Å²) in [4.78, 5) is 12.6. The maximum Gasteiger partial charge on any atom is 0.299 e. The molecule has 0 saturated heterocycles. The van der Waals surface area contributed by atoms with E-state index in [1.54, 1.807) is 0 Å². The molecule has 4 nitrogen and oxygen atoms in total. The summed E-state index contributed by atoms with van der Waals surface area (Å²) in [5, 5.41) is 8.95. The van der Waals surface area contributed by atoms with Crippen LogP contribution >= 0.6 is 0 Å². The number of nitriles is 1. The van der Waals surface area contributed by atoms with Crippen LogP contribution in [-0.2, 0) is 9.53 Å². The van der Waals surface area contributed by atoms with Crippen LogP contribution in [0.4, 0.5) is 17.1 Å². The van der Waals surface area contributed by atoms with Gasteiger partial charge in [0.15, 0.2) is 0 Å². The molecule has 0 amide bonds. The molecule has 164 valence electrons. The Balaban J connectivity index is 1.52. The standard InChI is InChI=1S/C30H22N2O2/c31-22-30(34-23-33)21-26-15-13-24(14-16-26)11-12-25-17-19-29(20-18-25)32(27-7-3-1-4-8-27)28-9-5-2-6-10-28/h1-21,23H/b12-11+,30-21-. The number of allylic oxidation sites excluding steroid dienone is 1. The van der Waals surface area contributed by atoms with Crippen molar-refractivity contribution in [3.8, 4) is 6.07 Å². The molecule has 4 heteroatoms. The second-order valence-electron chi connectivity index (χ2n) is 7.43. The molecule has 0 aromatic heterocycles. The molecule has 0 radical (unpaired) electrons. The molecule has 0 spiro atoms. The first-order valence-electron chi connectivity index (χ1n) is 10.8. The molecule has 0 heterocycles. The van der Waals surface area contributed by atoms with Gasteiger partial charge in [-0.25, -0.2) is 0 Å². The fourth-order valence-electron chi connectivity index (χ4n) is 3.53. The van der Waals surface area contributed by atoms with E-state index < -0.39 is 0 Å². The number of rotatable bonds is 8. The topological polar surface area (TPSA) is 53.3 Å². The van der Waals surface area contributed by atoms with Crippen LogP contribution in [0.5, 0.6) is 0 Å². The molecular weight excluding hydrogens is 420 g/mol. The quantitative estimate of drug-likeness (QED) is 0.124. The zero-order valence-electron chi connectivity index (χ0n) is 18.4. The van der Waals surface area contributed by atoms with Crippen LogP contribution in [0, 0.1) is 11.3 Å². The highest BCUT2D eigenvalue weighted by molar-refractivity contribution is 5.78. The van der Waals surface area contributed by atoms with Gasteiger partial charge in [-0.2, -0.15) is 5.26 Å². The number of benzene rings is 4. The monoisotopic (exact) mass is 442 g/mol. The van der Waals surface area contributed by atoms with Crippen LogP contribution < -0.4 is 4.90 Å². The Labute approximate surface area is 199 Å². The zero-order chi connectivity index (χ0) is 23.6. The molecule has 0 saturated carbocycles. The fraction of sp³-hybridized carbons (Fsp3) is 0. The van der Waals surface area contributed by atoms with Crippen molar-refractivity contribution in [1.82, 2.24) is 0 Å². The van der Waals surface area contributed by atoms with Crippen LogP contribution in [0.3, 0.4) is 0 Å². The van der Waals surface area contributed by atoms with Gasteiger partial charge in [0.1, 0.15) is 6.07 Å². The normalized spacial score (nSPS) is 11.1. The van der Waals surface area contributed by atoms with E-state index in [0.717, 1.165) is 33.8 Å². The maximum absolute atomic E-state index is 10.4. The molecule has 0 fully saturated rings. The molecule has 0 bridgehead atoms. The van der Waals surface area contributed by atoms with Gasteiger partial charge in [0.25, 0.3) is 6.47 Å². The molecular formula is C30H22N2O2. The molecule has 0 N–H and O–H groups in total. The Hall–Kier alpha value is -4.88. The number of nitrogens with zero attached hydrogens (tertiary/aromatic N) is 2. The highest BCUT2D eigenvalue weighted by atomic mass is 16.5. The summed E-state index contributed by atoms with van der Waals surface area (Å²) in [5.74, 6) is -0.0431. The molecule has 0 aliphatic rings.